The van der Waals surface area contributed by atoms with Gasteiger partial charge in [0.2, 0.25) is 11.8 Å². The van der Waals surface area contributed by atoms with Crippen LogP contribution in [0.4, 0.5) is 0 Å². The van der Waals surface area contributed by atoms with E-state index in [9.17, 15) is 4.79 Å². The number of fused-ring (bicyclic) bond motifs is 1. The molecule has 1 aliphatic rings. The Morgan fingerprint density at radius 1 is 1.30 bits per heavy atom. The van der Waals surface area contributed by atoms with Crippen LogP contribution in [0.2, 0.25) is 5.02 Å². The van der Waals surface area contributed by atoms with Crippen molar-refractivity contribution in [1.82, 2.24) is 25.1 Å². The highest BCUT2D eigenvalue weighted by molar-refractivity contribution is 6.30. The highest BCUT2D eigenvalue weighted by Gasteiger charge is 2.21. The zero-order chi connectivity index (χ0) is 18.8. The maximum absolute atomic E-state index is 12.4. The molecule has 1 atom stereocenters. The second-order valence-electron chi connectivity index (χ2n) is 6.70. The van der Waals surface area contributed by atoms with Crippen molar-refractivity contribution in [3.05, 3.63) is 52.9 Å². The molecule has 2 aromatic heterocycles. The van der Waals surface area contributed by atoms with Gasteiger partial charge in [0.25, 0.3) is 0 Å². The molecular weight excluding hydrogens is 366 g/mol. The van der Waals surface area contributed by atoms with Crippen molar-refractivity contribution < 1.29 is 9.21 Å². The van der Waals surface area contributed by atoms with Gasteiger partial charge < -0.3 is 14.3 Å². The van der Waals surface area contributed by atoms with Crippen LogP contribution in [0.1, 0.15) is 43.1 Å². The van der Waals surface area contributed by atoms with Gasteiger partial charge in [-0.2, -0.15) is 0 Å². The van der Waals surface area contributed by atoms with Crippen molar-refractivity contribution in [3.63, 3.8) is 0 Å². The molecule has 0 aliphatic carbocycles. The van der Waals surface area contributed by atoms with E-state index >= 15 is 0 Å². The van der Waals surface area contributed by atoms with E-state index in [2.05, 4.69) is 25.1 Å². The lowest BCUT2D eigenvalue weighted by Gasteiger charge is -2.18. The smallest absolute Gasteiger partial charge is 0.226 e. The van der Waals surface area contributed by atoms with Crippen molar-refractivity contribution in [2.45, 2.75) is 45.2 Å². The van der Waals surface area contributed by atoms with Crippen LogP contribution in [-0.4, -0.2) is 25.7 Å². The quantitative estimate of drug-likeness (QED) is 0.727. The molecule has 27 heavy (non-hydrogen) atoms. The molecule has 8 heteroatoms. The molecular formula is C19H20ClN5O2. The van der Waals surface area contributed by atoms with Gasteiger partial charge in [-0.1, -0.05) is 11.6 Å². The number of carbonyl (C=O) groups is 1. The minimum atomic E-state index is -0.209. The molecule has 1 N–H and O–H groups in total. The van der Waals surface area contributed by atoms with Gasteiger partial charge in [0.05, 0.1) is 18.2 Å². The Labute approximate surface area is 161 Å². The van der Waals surface area contributed by atoms with Gasteiger partial charge in [-0.3, -0.25) is 4.79 Å². The molecule has 3 heterocycles. The fourth-order valence-corrected chi connectivity index (χ4v) is 3.41. The van der Waals surface area contributed by atoms with E-state index in [4.69, 9.17) is 16.0 Å². The molecule has 0 saturated heterocycles. The Morgan fingerprint density at radius 3 is 2.93 bits per heavy atom. The number of oxazole rings is 1. The molecule has 1 amide bonds. The maximum Gasteiger partial charge on any atom is 0.226 e. The van der Waals surface area contributed by atoms with Crippen LogP contribution in [0.5, 0.6) is 0 Å². The SMILES string of the molecule is CC(NC(=O)Cc1coc(-c2ccc(Cl)cc2)n1)c1nnc2n1CCCC2. The van der Waals surface area contributed by atoms with Gasteiger partial charge in [-0.05, 0) is 44.0 Å². The predicted octanol–water partition coefficient (Wildman–Crippen LogP) is 3.34. The summed E-state index contributed by atoms with van der Waals surface area (Å²) in [6, 6.07) is 6.99. The largest absolute Gasteiger partial charge is 0.444 e. The van der Waals surface area contributed by atoms with Crippen molar-refractivity contribution in [1.29, 1.82) is 0 Å². The molecule has 7 nitrogen and oxygen atoms in total. The summed E-state index contributed by atoms with van der Waals surface area (Å²) in [5, 5.41) is 12.1. The summed E-state index contributed by atoms with van der Waals surface area (Å²) in [6.07, 6.45) is 4.85. The Bertz CT molecular complexity index is 947. The van der Waals surface area contributed by atoms with E-state index in [1.165, 1.54) is 6.26 Å². The van der Waals surface area contributed by atoms with Gasteiger partial charge in [-0.15, -0.1) is 10.2 Å². The van der Waals surface area contributed by atoms with Gasteiger partial charge in [0.15, 0.2) is 5.82 Å². The van der Waals surface area contributed by atoms with E-state index < -0.39 is 0 Å². The summed E-state index contributed by atoms with van der Waals surface area (Å²) in [4.78, 5) is 16.8. The molecule has 0 saturated carbocycles. The number of carbonyl (C=O) groups excluding carboxylic acids is 1. The average Bonchev–Trinajstić information content (AvgIpc) is 3.29. The lowest BCUT2D eigenvalue weighted by molar-refractivity contribution is -0.121. The monoisotopic (exact) mass is 385 g/mol. The summed E-state index contributed by atoms with van der Waals surface area (Å²) in [6.45, 7) is 2.83. The maximum atomic E-state index is 12.4. The lowest BCUT2D eigenvalue weighted by Crippen LogP contribution is -2.30. The number of nitrogens with zero attached hydrogens (tertiary/aromatic N) is 4. The summed E-state index contributed by atoms with van der Waals surface area (Å²) < 4.78 is 7.60. The van der Waals surface area contributed by atoms with E-state index in [0.29, 0.717) is 16.6 Å². The summed E-state index contributed by atoms with van der Waals surface area (Å²) in [5.74, 6) is 2.14. The zero-order valence-electron chi connectivity index (χ0n) is 15.0. The van der Waals surface area contributed by atoms with Crippen LogP contribution in [0, 0.1) is 0 Å². The standard InChI is InChI=1S/C19H20ClN5O2/c1-12(18-24-23-16-4-2-3-9-25(16)18)21-17(26)10-15-11-27-19(22-15)13-5-7-14(20)8-6-13/h5-8,11-12H,2-4,9-10H2,1H3,(H,21,26). The average molecular weight is 386 g/mol. The molecule has 1 aromatic carbocycles. The van der Waals surface area contributed by atoms with Crippen molar-refractivity contribution >= 4 is 17.5 Å². The molecule has 0 spiro atoms. The van der Waals surface area contributed by atoms with Crippen molar-refractivity contribution in [2.75, 3.05) is 0 Å². The van der Waals surface area contributed by atoms with Crippen LogP contribution in [0.15, 0.2) is 34.9 Å². The number of rotatable bonds is 5. The minimum Gasteiger partial charge on any atom is -0.444 e. The Morgan fingerprint density at radius 2 is 2.11 bits per heavy atom. The highest BCUT2D eigenvalue weighted by atomic mass is 35.5. The molecule has 0 bridgehead atoms. The fourth-order valence-electron chi connectivity index (χ4n) is 3.29. The zero-order valence-corrected chi connectivity index (χ0v) is 15.7. The van der Waals surface area contributed by atoms with Crippen molar-refractivity contribution in [2.24, 2.45) is 0 Å². The first-order valence-corrected chi connectivity index (χ1v) is 9.39. The molecule has 1 aliphatic heterocycles. The summed E-state index contributed by atoms with van der Waals surface area (Å²) in [5.41, 5.74) is 1.39. The second-order valence-corrected chi connectivity index (χ2v) is 7.14. The first-order valence-electron chi connectivity index (χ1n) is 9.02. The number of amides is 1. The number of nitrogens with one attached hydrogen (secondary N) is 1. The number of hydrogen-bond acceptors (Lipinski definition) is 5. The third-order valence-electron chi connectivity index (χ3n) is 4.64. The fraction of sp³-hybridized carbons (Fsp3) is 0.368. The first kappa shape index (κ1) is 17.7. The van der Waals surface area contributed by atoms with Crippen LogP contribution in [-0.2, 0) is 24.2 Å². The van der Waals surface area contributed by atoms with E-state index in [1.807, 2.05) is 19.1 Å². The molecule has 1 unspecified atom stereocenters. The Balaban J connectivity index is 1.39. The number of aromatic nitrogens is 4. The third kappa shape index (κ3) is 3.88. The van der Waals surface area contributed by atoms with Gasteiger partial charge in [-0.25, -0.2) is 4.98 Å². The Hall–Kier alpha value is -2.67. The highest BCUT2D eigenvalue weighted by Crippen LogP contribution is 2.22. The number of hydrogen-bond donors (Lipinski definition) is 1. The first-order chi connectivity index (χ1) is 13.1. The van der Waals surface area contributed by atoms with Crippen LogP contribution >= 0.6 is 11.6 Å². The Kier molecular flexibility index (Phi) is 4.94. The van der Waals surface area contributed by atoms with Gasteiger partial charge in [0.1, 0.15) is 12.1 Å². The van der Waals surface area contributed by atoms with E-state index in [0.717, 1.165) is 43.0 Å². The lowest BCUT2D eigenvalue weighted by atomic mass is 10.1. The van der Waals surface area contributed by atoms with Gasteiger partial charge >= 0.3 is 0 Å². The van der Waals surface area contributed by atoms with E-state index in [1.54, 1.807) is 12.1 Å². The topological polar surface area (TPSA) is 85.8 Å². The number of aryl methyl sites for hydroxylation is 1. The summed E-state index contributed by atoms with van der Waals surface area (Å²) >= 11 is 5.89. The predicted molar refractivity (Wildman–Crippen MR) is 100 cm³/mol. The second kappa shape index (κ2) is 7.52. The normalized spacial score (nSPS) is 14.6. The molecule has 4 rings (SSSR count). The number of halogens is 1. The number of benzene rings is 1. The molecule has 0 radical (unpaired) electrons. The van der Waals surface area contributed by atoms with Crippen LogP contribution in [0.3, 0.4) is 0 Å². The van der Waals surface area contributed by atoms with Crippen molar-refractivity contribution in [3.8, 4) is 11.5 Å². The van der Waals surface area contributed by atoms with Gasteiger partial charge in [0, 0.05) is 23.6 Å². The third-order valence-corrected chi connectivity index (χ3v) is 4.89. The summed E-state index contributed by atoms with van der Waals surface area (Å²) in [7, 11) is 0. The molecule has 140 valence electrons. The minimum absolute atomic E-state index is 0.133. The van der Waals surface area contributed by atoms with Crippen LogP contribution in [0.25, 0.3) is 11.5 Å². The van der Waals surface area contributed by atoms with Crippen LogP contribution < -0.4 is 5.32 Å². The van der Waals surface area contributed by atoms with E-state index in [-0.39, 0.29) is 18.4 Å². The molecule has 3 aromatic rings. The molecule has 0 fully saturated rings.